The van der Waals surface area contributed by atoms with Gasteiger partial charge in [-0.25, -0.2) is 0 Å². The average molecular weight is 1240 g/mol. The highest BCUT2D eigenvalue weighted by atomic mass is 16.7. The van der Waals surface area contributed by atoms with Gasteiger partial charge in [0.25, 0.3) is 0 Å². The normalized spacial score (nSPS) is 23.8. The highest BCUT2D eigenvalue weighted by molar-refractivity contribution is 5.76. The van der Waals surface area contributed by atoms with Crippen LogP contribution in [-0.2, 0) is 23.7 Å². The number of amides is 1. The number of ether oxygens (including phenoxy) is 4. The predicted octanol–water partition coefficient (Wildman–Crippen LogP) is 14.6. The molecule has 9 N–H and O–H groups in total. The van der Waals surface area contributed by atoms with Crippen LogP contribution < -0.4 is 5.32 Å². The molecule has 1 amide bonds. The predicted molar refractivity (Wildman–Crippen MR) is 359 cm³/mol. The van der Waals surface area contributed by atoms with Crippen LogP contribution in [0.3, 0.4) is 0 Å². The molecular formula is C74H129NO13. The Morgan fingerprint density at radius 3 is 1.20 bits per heavy atom. The van der Waals surface area contributed by atoms with Gasteiger partial charge in [0.1, 0.15) is 48.8 Å². The van der Waals surface area contributed by atoms with Crippen LogP contribution in [0.2, 0.25) is 0 Å². The third-order valence-corrected chi connectivity index (χ3v) is 16.8. The Morgan fingerprint density at radius 1 is 0.420 bits per heavy atom. The second-order valence-electron chi connectivity index (χ2n) is 24.6. The molecule has 88 heavy (non-hydrogen) atoms. The molecule has 2 rings (SSSR count). The number of hydrogen-bond acceptors (Lipinski definition) is 13. The smallest absolute Gasteiger partial charge is 0.220 e. The van der Waals surface area contributed by atoms with Crippen LogP contribution in [0.15, 0.2) is 97.2 Å². The van der Waals surface area contributed by atoms with Gasteiger partial charge in [0, 0.05) is 6.42 Å². The molecule has 0 saturated carbocycles. The van der Waals surface area contributed by atoms with Crippen molar-refractivity contribution in [1.82, 2.24) is 5.32 Å². The van der Waals surface area contributed by atoms with E-state index in [-0.39, 0.29) is 18.9 Å². The molecule has 2 fully saturated rings. The van der Waals surface area contributed by atoms with Crippen LogP contribution >= 0.6 is 0 Å². The summed E-state index contributed by atoms with van der Waals surface area (Å²) in [6.07, 6.45) is 64.1. The van der Waals surface area contributed by atoms with Gasteiger partial charge in [-0.3, -0.25) is 4.79 Å². The maximum absolute atomic E-state index is 13.4. The van der Waals surface area contributed by atoms with Gasteiger partial charge in [-0.1, -0.05) is 284 Å². The van der Waals surface area contributed by atoms with Gasteiger partial charge in [-0.15, -0.1) is 0 Å². The van der Waals surface area contributed by atoms with E-state index in [0.29, 0.717) is 12.8 Å². The van der Waals surface area contributed by atoms with Crippen molar-refractivity contribution in [3.63, 3.8) is 0 Å². The zero-order valence-electron chi connectivity index (χ0n) is 55.2. The number of carbonyl (C=O) groups is 1. The quantitative estimate of drug-likeness (QED) is 0.0204. The first-order valence-electron chi connectivity index (χ1n) is 35.5. The molecule has 2 saturated heterocycles. The summed E-state index contributed by atoms with van der Waals surface area (Å²) in [6.45, 7) is 2.75. The first-order chi connectivity index (χ1) is 43.1. The summed E-state index contributed by atoms with van der Waals surface area (Å²) in [4.78, 5) is 13.4. The Bertz CT molecular complexity index is 1850. The third kappa shape index (κ3) is 41.4. The molecule has 0 spiro atoms. The van der Waals surface area contributed by atoms with Crippen molar-refractivity contribution in [2.75, 3.05) is 19.8 Å². The van der Waals surface area contributed by atoms with Crippen LogP contribution in [0, 0.1) is 0 Å². The Kier molecular flexibility index (Phi) is 53.2. The lowest BCUT2D eigenvalue weighted by atomic mass is 9.97. The topological polar surface area (TPSA) is 228 Å². The molecule has 0 radical (unpaired) electrons. The largest absolute Gasteiger partial charge is 0.394 e. The first-order valence-corrected chi connectivity index (χ1v) is 35.5. The molecule has 508 valence electrons. The second kappa shape index (κ2) is 57.8. The second-order valence-corrected chi connectivity index (χ2v) is 24.6. The van der Waals surface area contributed by atoms with Gasteiger partial charge >= 0.3 is 0 Å². The van der Waals surface area contributed by atoms with E-state index < -0.39 is 86.8 Å². The van der Waals surface area contributed by atoms with Crippen LogP contribution in [-0.4, -0.2) is 140 Å². The summed E-state index contributed by atoms with van der Waals surface area (Å²) in [6, 6.07) is -0.852. The zero-order valence-corrected chi connectivity index (χ0v) is 55.2. The van der Waals surface area contributed by atoms with Crippen LogP contribution in [0.25, 0.3) is 0 Å². The Morgan fingerprint density at radius 2 is 0.784 bits per heavy atom. The number of rotatable bonds is 57. The van der Waals surface area contributed by atoms with Crippen molar-refractivity contribution < 1.29 is 64.6 Å². The molecule has 0 bridgehead atoms. The van der Waals surface area contributed by atoms with E-state index >= 15 is 0 Å². The summed E-state index contributed by atoms with van der Waals surface area (Å²) < 4.78 is 22.9. The molecule has 0 aromatic carbocycles. The molecule has 12 atom stereocenters. The fourth-order valence-electron chi connectivity index (χ4n) is 11.2. The summed E-state index contributed by atoms with van der Waals surface area (Å²) in [5.41, 5.74) is 0. The minimum absolute atomic E-state index is 0.232. The van der Waals surface area contributed by atoms with E-state index in [9.17, 15) is 45.6 Å². The number of nitrogens with one attached hydrogen (secondary N) is 1. The van der Waals surface area contributed by atoms with E-state index in [1.807, 2.05) is 0 Å². The molecule has 2 aliphatic rings. The van der Waals surface area contributed by atoms with Crippen molar-refractivity contribution in [1.29, 1.82) is 0 Å². The lowest BCUT2D eigenvalue weighted by molar-refractivity contribution is -0.359. The van der Waals surface area contributed by atoms with Crippen LogP contribution in [0.5, 0.6) is 0 Å². The first kappa shape index (κ1) is 81.0. The average Bonchev–Trinajstić information content (AvgIpc) is 2.07. The number of carbonyl (C=O) groups excluding carboxylic acids is 1. The van der Waals surface area contributed by atoms with Gasteiger partial charge in [-0.2, -0.15) is 0 Å². The van der Waals surface area contributed by atoms with E-state index in [0.717, 1.165) is 103 Å². The van der Waals surface area contributed by atoms with Crippen molar-refractivity contribution >= 4 is 5.91 Å². The van der Waals surface area contributed by atoms with Crippen molar-refractivity contribution in [2.24, 2.45) is 0 Å². The Balaban J connectivity index is 1.70. The zero-order chi connectivity index (χ0) is 63.8. The molecule has 12 unspecified atom stereocenters. The summed E-state index contributed by atoms with van der Waals surface area (Å²) in [5.74, 6) is -0.232. The van der Waals surface area contributed by atoms with E-state index in [2.05, 4.69) is 116 Å². The van der Waals surface area contributed by atoms with Crippen molar-refractivity contribution in [2.45, 2.75) is 344 Å². The SMILES string of the molecule is CC/C=C\C/C=C\C/C=C\C/C=C\C/C=C\C/C=C\C/C=C\C/C=C\CCCCCCC(=O)NC(COC1OC(CO)C(OC2OC(CO)C(O)C(O)C2O)C(O)C1O)C(O)CCCCCCCCCCCCCCCCCCCCCCCCCCC. The molecular weight excluding hydrogens is 1110 g/mol. The van der Waals surface area contributed by atoms with Gasteiger partial charge in [0.15, 0.2) is 12.6 Å². The third-order valence-electron chi connectivity index (χ3n) is 16.8. The molecule has 2 heterocycles. The van der Waals surface area contributed by atoms with Gasteiger partial charge in [0.05, 0.1) is 32.0 Å². The molecule has 0 aromatic heterocycles. The van der Waals surface area contributed by atoms with Crippen LogP contribution in [0.1, 0.15) is 271 Å². The van der Waals surface area contributed by atoms with Gasteiger partial charge in [-0.05, 0) is 77.0 Å². The molecule has 2 aliphatic heterocycles. The highest BCUT2D eigenvalue weighted by Crippen LogP contribution is 2.30. The van der Waals surface area contributed by atoms with Crippen LogP contribution in [0.4, 0.5) is 0 Å². The fraction of sp³-hybridized carbons (Fsp3) is 0.770. The Hall–Kier alpha value is -3.09. The highest BCUT2D eigenvalue weighted by Gasteiger charge is 2.51. The monoisotopic (exact) mass is 1240 g/mol. The lowest BCUT2D eigenvalue weighted by Gasteiger charge is -2.46. The molecule has 0 aromatic rings. The minimum atomic E-state index is -1.79. The maximum Gasteiger partial charge on any atom is 0.220 e. The minimum Gasteiger partial charge on any atom is -0.394 e. The maximum atomic E-state index is 13.4. The van der Waals surface area contributed by atoms with Crippen molar-refractivity contribution in [3.05, 3.63) is 97.2 Å². The van der Waals surface area contributed by atoms with E-state index in [1.165, 1.54) is 135 Å². The summed E-state index contributed by atoms with van der Waals surface area (Å²) in [5, 5.41) is 87.6. The number of aliphatic hydroxyl groups is 8. The van der Waals surface area contributed by atoms with Crippen molar-refractivity contribution in [3.8, 4) is 0 Å². The summed E-state index contributed by atoms with van der Waals surface area (Å²) in [7, 11) is 0. The lowest BCUT2D eigenvalue weighted by Crippen LogP contribution is -2.65. The number of aliphatic hydroxyl groups excluding tert-OH is 8. The molecule has 14 nitrogen and oxygen atoms in total. The van der Waals surface area contributed by atoms with Gasteiger partial charge in [0.2, 0.25) is 5.91 Å². The number of unbranched alkanes of at least 4 members (excludes halogenated alkanes) is 28. The van der Waals surface area contributed by atoms with Gasteiger partial charge < -0.3 is 65.1 Å². The Labute approximate surface area is 534 Å². The standard InChI is InChI=1S/C74H129NO13/c1-3-5-7-9-11-13-15-17-19-21-23-25-27-29-30-31-32-34-36-38-40-42-44-46-48-50-52-54-56-58-66(79)75-62(61-85-73-71(84)69(82)72(65(60-77)87-73)88-74-70(83)68(81)67(80)64(59-76)86-74)63(78)57-55-53-51-49-47-45-43-41-39-37-35-33-28-26-24-22-20-18-16-14-12-10-8-6-4-2/h5,7,11,13,17,19,23,25,29-30,32,34,38,40,44,46,62-65,67-74,76-78,80-84H,3-4,6,8-10,12,14-16,18,20-22,24,26-28,31,33,35-37,39,41-43,45,47-61H2,1-2H3,(H,75,79)/b7-5-,13-11-,19-17-,25-23-,30-29-,34-32-,40-38-,46-44-. The number of hydrogen-bond donors (Lipinski definition) is 9. The van der Waals surface area contributed by atoms with E-state index in [1.54, 1.807) is 0 Å². The number of allylic oxidation sites excluding steroid dienone is 16. The summed E-state index contributed by atoms with van der Waals surface area (Å²) >= 11 is 0. The molecule has 14 heteroatoms. The molecule has 0 aliphatic carbocycles. The van der Waals surface area contributed by atoms with E-state index in [4.69, 9.17) is 18.9 Å². The fourth-order valence-corrected chi connectivity index (χ4v) is 11.2.